The minimum Gasteiger partial charge on any atom is -0.389 e. The fraction of sp³-hybridized carbons (Fsp3) is 0.462. The van der Waals surface area contributed by atoms with Crippen LogP contribution in [-0.4, -0.2) is 35.1 Å². The molecule has 0 unspecified atom stereocenters. The molecule has 1 aromatic carbocycles. The summed E-state index contributed by atoms with van der Waals surface area (Å²) in [5.41, 5.74) is 0.293. The Kier molecular flexibility index (Phi) is 3.15. The van der Waals surface area contributed by atoms with Crippen LogP contribution in [0.1, 0.15) is 19.4 Å². The van der Waals surface area contributed by atoms with Crippen LogP contribution in [-0.2, 0) is 10.2 Å². The lowest BCUT2D eigenvalue weighted by atomic mass is 9.82. The molecule has 1 fully saturated rings. The van der Waals surface area contributed by atoms with Crippen molar-refractivity contribution in [2.24, 2.45) is 0 Å². The van der Waals surface area contributed by atoms with Gasteiger partial charge in [0.25, 0.3) is 0 Å². The summed E-state index contributed by atoms with van der Waals surface area (Å²) in [4.78, 5) is 13.9. The van der Waals surface area contributed by atoms with Gasteiger partial charge < -0.3 is 10.0 Å². The molecule has 1 amide bonds. The van der Waals surface area contributed by atoms with E-state index in [0.717, 1.165) is 5.56 Å². The number of aliphatic hydroxyl groups excluding tert-OH is 1. The molecule has 0 radical (unpaired) electrons. The Balaban J connectivity index is 2.20. The third-order valence-corrected chi connectivity index (χ3v) is 3.47. The Hall–Kier alpha value is -1.06. The molecule has 17 heavy (non-hydrogen) atoms. The highest BCUT2D eigenvalue weighted by Crippen LogP contribution is 2.29. The summed E-state index contributed by atoms with van der Waals surface area (Å²) >= 11 is 5.94. The second-order valence-corrected chi connectivity index (χ2v) is 5.44. The number of halogens is 1. The highest BCUT2D eigenvalue weighted by molar-refractivity contribution is 6.30. The normalized spacial score (nSPS) is 16.8. The van der Waals surface area contributed by atoms with Crippen molar-refractivity contribution in [1.82, 2.24) is 4.90 Å². The van der Waals surface area contributed by atoms with Gasteiger partial charge in [-0.1, -0.05) is 23.7 Å². The Morgan fingerprint density at radius 1 is 1.47 bits per heavy atom. The highest BCUT2D eigenvalue weighted by Gasteiger charge is 2.39. The average molecular weight is 254 g/mol. The number of rotatable bonds is 2. The zero-order valence-electron chi connectivity index (χ0n) is 9.98. The molecule has 1 aliphatic heterocycles. The van der Waals surface area contributed by atoms with Crippen LogP contribution in [0.25, 0.3) is 0 Å². The van der Waals surface area contributed by atoms with E-state index in [1.54, 1.807) is 11.0 Å². The molecule has 3 nitrogen and oxygen atoms in total. The monoisotopic (exact) mass is 253 g/mol. The molecular weight excluding hydrogens is 238 g/mol. The quantitative estimate of drug-likeness (QED) is 0.874. The molecule has 1 saturated heterocycles. The maximum Gasteiger partial charge on any atom is 0.232 e. The Morgan fingerprint density at radius 3 is 2.65 bits per heavy atom. The summed E-state index contributed by atoms with van der Waals surface area (Å²) in [5, 5.41) is 9.86. The molecule has 0 atom stereocenters. The summed E-state index contributed by atoms with van der Waals surface area (Å²) in [5.74, 6) is 0.0325. The summed E-state index contributed by atoms with van der Waals surface area (Å²) < 4.78 is 0. The van der Waals surface area contributed by atoms with E-state index in [9.17, 15) is 9.90 Å². The van der Waals surface area contributed by atoms with Gasteiger partial charge >= 0.3 is 0 Å². The second kappa shape index (κ2) is 4.31. The zero-order chi connectivity index (χ0) is 12.6. The number of nitrogens with zero attached hydrogens (tertiary/aromatic N) is 1. The van der Waals surface area contributed by atoms with E-state index in [2.05, 4.69) is 0 Å². The SMILES string of the molecule is CC(C)(C(=O)N1CC(O)C1)c1cccc(Cl)c1. The number of carbonyl (C=O) groups excluding carboxylic acids is 1. The van der Waals surface area contributed by atoms with Crippen LogP contribution in [0.2, 0.25) is 5.02 Å². The largest absolute Gasteiger partial charge is 0.389 e. The van der Waals surface area contributed by atoms with Gasteiger partial charge in [-0.25, -0.2) is 0 Å². The van der Waals surface area contributed by atoms with Crippen molar-refractivity contribution in [3.63, 3.8) is 0 Å². The fourth-order valence-corrected chi connectivity index (χ4v) is 2.21. The number of hydrogen-bond acceptors (Lipinski definition) is 2. The number of amides is 1. The van der Waals surface area contributed by atoms with Crippen LogP contribution < -0.4 is 0 Å². The van der Waals surface area contributed by atoms with Gasteiger partial charge in [0.05, 0.1) is 11.5 Å². The van der Waals surface area contributed by atoms with E-state index in [-0.39, 0.29) is 12.0 Å². The van der Waals surface area contributed by atoms with Crippen molar-refractivity contribution in [2.75, 3.05) is 13.1 Å². The van der Waals surface area contributed by atoms with Crippen LogP contribution in [0.4, 0.5) is 0 Å². The molecule has 0 bridgehead atoms. The zero-order valence-corrected chi connectivity index (χ0v) is 10.7. The fourth-order valence-electron chi connectivity index (χ4n) is 2.02. The van der Waals surface area contributed by atoms with Crippen LogP contribution >= 0.6 is 11.6 Å². The smallest absolute Gasteiger partial charge is 0.232 e. The maximum atomic E-state index is 12.3. The third-order valence-electron chi connectivity index (χ3n) is 3.23. The number of aliphatic hydroxyl groups is 1. The van der Waals surface area contributed by atoms with Gasteiger partial charge in [0.2, 0.25) is 5.91 Å². The molecule has 1 aromatic rings. The van der Waals surface area contributed by atoms with E-state index >= 15 is 0 Å². The molecule has 2 rings (SSSR count). The number of benzene rings is 1. The molecule has 1 N–H and O–H groups in total. The topological polar surface area (TPSA) is 40.5 Å². The van der Waals surface area contributed by atoms with Gasteiger partial charge in [-0.05, 0) is 31.5 Å². The number of carbonyl (C=O) groups is 1. The van der Waals surface area contributed by atoms with Gasteiger partial charge in [-0.15, -0.1) is 0 Å². The standard InChI is InChI=1S/C13H16ClNO2/c1-13(2,9-4-3-5-10(14)6-9)12(17)15-7-11(16)8-15/h3-6,11,16H,7-8H2,1-2H3. The molecule has 92 valence electrons. The van der Waals surface area contributed by atoms with Crippen molar-refractivity contribution in [1.29, 1.82) is 0 Å². The second-order valence-electron chi connectivity index (χ2n) is 5.00. The van der Waals surface area contributed by atoms with Gasteiger partial charge in [0.1, 0.15) is 0 Å². The van der Waals surface area contributed by atoms with Crippen molar-refractivity contribution < 1.29 is 9.90 Å². The lowest BCUT2D eigenvalue weighted by molar-refractivity contribution is -0.146. The van der Waals surface area contributed by atoms with E-state index in [1.807, 2.05) is 32.0 Å². The summed E-state index contributed by atoms with van der Waals surface area (Å²) in [6, 6.07) is 7.35. The van der Waals surface area contributed by atoms with Crippen LogP contribution in [0.15, 0.2) is 24.3 Å². The van der Waals surface area contributed by atoms with E-state index in [1.165, 1.54) is 0 Å². The number of β-amino-alcohol motifs (C(OH)–C–C–N with tert-alkyl or cyclic N) is 1. The lowest BCUT2D eigenvalue weighted by Gasteiger charge is -2.41. The van der Waals surface area contributed by atoms with E-state index < -0.39 is 5.41 Å². The molecule has 0 spiro atoms. The summed E-state index contributed by atoms with van der Waals surface area (Å²) in [7, 11) is 0. The van der Waals surface area contributed by atoms with Crippen molar-refractivity contribution in [2.45, 2.75) is 25.4 Å². The Morgan fingerprint density at radius 2 is 2.12 bits per heavy atom. The molecule has 1 aliphatic rings. The molecule has 0 saturated carbocycles. The first-order valence-corrected chi connectivity index (χ1v) is 6.02. The molecule has 0 aliphatic carbocycles. The predicted octanol–water partition coefficient (Wildman–Crippen LogP) is 1.82. The minimum atomic E-state index is -0.606. The van der Waals surface area contributed by atoms with Crippen molar-refractivity contribution in [3.05, 3.63) is 34.9 Å². The van der Waals surface area contributed by atoms with Crippen LogP contribution in [0.5, 0.6) is 0 Å². The van der Waals surface area contributed by atoms with Crippen LogP contribution in [0.3, 0.4) is 0 Å². The molecule has 4 heteroatoms. The van der Waals surface area contributed by atoms with Gasteiger partial charge in [0.15, 0.2) is 0 Å². The number of likely N-dealkylation sites (tertiary alicyclic amines) is 1. The van der Waals surface area contributed by atoms with Crippen molar-refractivity contribution in [3.8, 4) is 0 Å². The van der Waals surface area contributed by atoms with Crippen LogP contribution in [0, 0.1) is 0 Å². The predicted molar refractivity (Wildman–Crippen MR) is 67.1 cm³/mol. The van der Waals surface area contributed by atoms with Gasteiger partial charge in [0, 0.05) is 18.1 Å². The molecule has 0 aromatic heterocycles. The molecular formula is C13H16ClNO2. The Labute approximate surface area is 106 Å². The first-order chi connectivity index (χ1) is 7.91. The highest BCUT2D eigenvalue weighted by atomic mass is 35.5. The molecule has 1 heterocycles. The number of hydrogen-bond donors (Lipinski definition) is 1. The van der Waals surface area contributed by atoms with Gasteiger partial charge in [-0.2, -0.15) is 0 Å². The van der Waals surface area contributed by atoms with Crippen molar-refractivity contribution >= 4 is 17.5 Å². The van der Waals surface area contributed by atoms with E-state index in [4.69, 9.17) is 11.6 Å². The first-order valence-electron chi connectivity index (χ1n) is 5.65. The lowest BCUT2D eigenvalue weighted by Crippen LogP contribution is -2.57. The Bertz CT molecular complexity index is 439. The minimum absolute atomic E-state index is 0.0325. The third kappa shape index (κ3) is 2.31. The summed E-state index contributed by atoms with van der Waals surface area (Å²) in [6.45, 7) is 4.63. The maximum absolute atomic E-state index is 12.3. The average Bonchev–Trinajstić information content (AvgIpc) is 2.24. The van der Waals surface area contributed by atoms with E-state index in [0.29, 0.717) is 18.1 Å². The first kappa shape index (κ1) is 12.4. The summed E-state index contributed by atoms with van der Waals surface area (Å²) in [6.07, 6.45) is -0.367. The van der Waals surface area contributed by atoms with Gasteiger partial charge in [-0.3, -0.25) is 4.79 Å².